The van der Waals surface area contributed by atoms with E-state index >= 15 is 0 Å². The van der Waals surface area contributed by atoms with Gasteiger partial charge in [-0.3, -0.25) is 14.8 Å². The zero-order valence-electron chi connectivity index (χ0n) is 36.4. The maximum absolute atomic E-state index is 13.3. The first-order valence-corrected chi connectivity index (χ1v) is 12.4. The summed E-state index contributed by atoms with van der Waals surface area (Å²) in [4.78, 5) is 22.3. The number of nitrogens with one attached hydrogen (secondary N) is 1. The van der Waals surface area contributed by atoms with Crippen molar-refractivity contribution in [3.63, 3.8) is 0 Å². The predicted octanol–water partition coefficient (Wildman–Crippen LogP) is 6.41. The molecule has 41 heavy (non-hydrogen) atoms. The smallest absolute Gasteiger partial charge is 0.159 e. The molecule has 0 radical (unpaired) electrons. The number of likely N-dealkylation sites (N-methyl/N-ethyl adjacent to an activating group) is 1. The van der Waals surface area contributed by atoms with Crippen LogP contribution in [0.3, 0.4) is 0 Å². The normalized spacial score (nSPS) is 17.0. The minimum absolute atomic E-state index is 0.0556. The zero-order chi connectivity index (χ0) is 41.6. The van der Waals surface area contributed by atoms with Gasteiger partial charge in [-0.15, -0.1) is 0 Å². The molecule has 4 aromatic rings. The second-order valence-electron chi connectivity index (χ2n) is 8.35. The molecule has 8 nitrogen and oxygen atoms in total. The molecule has 0 unspecified atom stereocenters. The van der Waals surface area contributed by atoms with E-state index in [9.17, 15) is 10.1 Å². The van der Waals surface area contributed by atoms with Gasteiger partial charge in [0.1, 0.15) is 24.1 Å². The fraction of sp³-hybridized carbons (Fsp3) is 0.250. The highest BCUT2D eigenvalue weighted by Gasteiger charge is 2.16. The molecule has 210 valence electrons. The van der Waals surface area contributed by atoms with Gasteiger partial charge in [-0.25, -0.2) is 0 Å². The number of hydrogen-bond donors (Lipinski definition) is 1. The first kappa shape index (κ1) is 16.1. The van der Waals surface area contributed by atoms with Crippen molar-refractivity contribution in [1.82, 2.24) is 14.9 Å². The van der Waals surface area contributed by atoms with E-state index < -0.39 is 119 Å². The Morgan fingerprint density at radius 1 is 1.24 bits per heavy atom. The van der Waals surface area contributed by atoms with Gasteiger partial charge in [-0.1, -0.05) is 23.7 Å². The Balaban J connectivity index is 1.95. The Hall–Kier alpha value is -4.45. The van der Waals surface area contributed by atoms with Crippen LogP contribution in [0.25, 0.3) is 10.9 Å². The van der Waals surface area contributed by atoms with Crippen LogP contribution in [0.2, 0.25) is 5.02 Å². The van der Waals surface area contributed by atoms with Gasteiger partial charge in [0, 0.05) is 50.2 Å². The van der Waals surface area contributed by atoms with Crippen molar-refractivity contribution in [3.8, 4) is 17.6 Å². The first-order chi connectivity index (χ1) is 25.4. The number of fused-ring (bicyclic) bond motifs is 1. The summed E-state index contributed by atoms with van der Waals surface area (Å²) >= 11 is 6.43. The van der Waals surface area contributed by atoms with E-state index in [1.54, 1.807) is 13.0 Å². The lowest BCUT2D eigenvalue weighted by Crippen LogP contribution is -2.11. The average molecular weight is 584 g/mol. The van der Waals surface area contributed by atoms with E-state index in [2.05, 4.69) is 15.3 Å². The molecule has 0 saturated heterocycles. The Bertz CT molecular complexity index is 2300. The van der Waals surface area contributed by atoms with Crippen LogP contribution in [0.1, 0.15) is 48.6 Å². The number of allylic oxidation sites excluding steroid dienone is 1. The molecule has 9 heteroatoms. The van der Waals surface area contributed by atoms with Crippen LogP contribution in [0.15, 0.2) is 66.6 Å². The number of carbonyl (C=O) groups excluding carboxylic acids is 1. The molecule has 2 aromatic carbocycles. The fourth-order valence-electron chi connectivity index (χ4n) is 3.30. The van der Waals surface area contributed by atoms with Crippen molar-refractivity contribution < 1.29 is 33.5 Å². The molecule has 0 fully saturated rings. The molecular weight excluding hydrogens is 538 g/mol. The molecule has 0 spiro atoms. The molecule has 2 aromatic heterocycles. The number of hydrogen-bond acceptors (Lipinski definition) is 8. The lowest BCUT2D eigenvalue weighted by molar-refractivity contribution is -0.114. The van der Waals surface area contributed by atoms with Gasteiger partial charge in [0.05, 0.1) is 50.5 Å². The van der Waals surface area contributed by atoms with Gasteiger partial charge in [-0.2, -0.15) is 5.26 Å². The Morgan fingerprint density at radius 2 is 2.07 bits per heavy atom. The molecule has 0 aliphatic carbocycles. The van der Waals surface area contributed by atoms with E-state index in [1.165, 1.54) is 21.0 Å². The largest absolute Gasteiger partial charge is 0.494 e. The van der Waals surface area contributed by atoms with Gasteiger partial charge >= 0.3 is 0 Å². The van der Waals surface area contributed by atoms with Crippen LogP contribution in [0.4, 0.5) is 11.4 Å². The maximum atomic E-state index is 13.3. The first-order valence-electron chi connectivity index (χ1n) is 19.0. The molecule has 4 rings (SSSR count). The number of benzene rings is 2. The van der Waals surface area contributed by atoms with Crippen LogP contribution in [-0.4, -0.2) is 47.9 Å². The molecule has 0 bridgehead atoms. The van der Waals surface area contributed by atoms with Crippen molar-refractivity contribution in [2.75, 3.05) is 32.5 Å². The SMILES string of the molecule is [2H]/C(=C\C([2H])([2H])N(C)C)C(=O)Cc1c(OCC)c([2H])c2nc([2H])c(C#N)c(Nc3c([2H])c([2H])c(OC([2H])([2H])c4nc(C)c([2H])c([2H])c4[2H])c(Cl)c3[2H])c2c1[2H]. The van der Waals surface area contributed by atoms with Crippen molar-refractivity contribution in [2.45, 2.75) is 26.8 Å². The highest BCUT2D eigenvalue weighted by Crippen LogP contribution is 2.36. The Labute approximate surface area is 264 Å². The van der Waals surface area contributed by atoms with Crippen molar-refractivity contribution in [2.24, 2.45) is 0 Å². The van der Waals surface area contributed by atoms with Gasteiger partial charge in [0.2, 0.25) is 0 Å². The second kappa shape index (κ2) is 13.8. The minimum atomic E-state index is -3.06. The van der Waals surface area contributed by atoms with E-state index in [0.29, 0.717) is 0 Å². The van der Waals surface area contributed by atoms with Gasteiger partial charge in [-0.05, 0) is 70.2 Å². The van der Waals surface area contributed by atoms with E-state index in [0.717, 1.165) is 11.0 Å². The molecule has 0 amide bonds. The van der Waals surface area contributed by atoms with E-state index in [-0.39, 0.29) is 34.5 Å². The third-order valence-electron chi connectivity index (χ3n) is 5.03. The number of ether oxygens (including phenoxy) is 2. The lowest BCUT2D eigenvalue weighted by Gasteiger charge is -2.16. The second-order valence-corrected chi connectivity index (χ2v) is 8.73. The van der Waals surface area contributed by atoms with E-state index in [1.807, 2.05) is 0 Å². The van der Waals surface area contributed by atoms with Gasteiger partial charge in [0.15, 0.2) is 5.78 Å². The summed E-state index contributed by atoms with van der Waals surface area (Å²) in [6, 6.07) is -4.46. The lowest BCUT2D eigenvalue weighted by atomic mass is 10.0. The summed E-state index contributed by atoms with van der Waals surface area (Å²) in [6.07, 6.45) is -0.681. The van der Waals surface area contributed by atoms with Crippen LogP contribution in [0.5, 0.6) is 11.5 Å². The molecule has 1 N–H and O–H groups in total. The monoisotopic (exact) mass is 583 g/mol. The summed E-state index contributed by atoms with van der Waals surface area (Å²) < 4.78 is 129. The number of anilines is 2. The number of pyridine rings is 2. The minimum Gasteiger partial charge on any atom is -0.494 e. The molecule has 0 aliphatic rings. The standard InChI is InChI=1S/C32H32ClN5O3/c1-5-40-31-17-29-27(15-22(31)14-26(39)10-7-13-38(3)4)32(23(18-34)19-35-29)37-24-11-12-30(28(33)16-24)41-20-25-9-6-8-21(2)36-25/h6-12,15-17,19H,5,13-14,20H2,1-4H3,(H,35,37)/b10-7+/i6D,8D,9D,10D,11D,12D,13D2,15D,16D,17D,19D,20D2. The average Bonchev–Trinajstić information content (AvgIpc) is 3.11. The number of carbonyl (C=O) groups is 1. The Morgan fingerprint density at radius 3 is 2.83 bits per heavy atom. The number of aromatic nitrogens is 2. The third kappa shape index (κ3) is 7.82. The van der Waals surface area contributed by atoms with Crippen LogP contribution in [-0.2, 0) is 17.8 Å². The summed E-state index contributed by atoms with van der Waals surface area (Å²) in [5.74, 6) is -2.09. The van der Waals surface area contributed by atoms with Crippen molar-refractivity contribution in [1.29, 1.82) is 5.26 Å². The molecule has 0 atom stereocenters. The summed E-state index contributed by atoms with van der Waals surface area (Å²) in [6.45, 7) is -2.44. The van der Waals surface area contributed by atoms with Gasteiger partial charge < -0.3 is 19.7 Å². The number of nitrogens with zero attached hydrogens (tertiary/aromatic N) is 4. The van der Waals surface area contributed by atoms with Crippen LogP contribution >= 0.6 is 11.6 Å². The topological polar surface area (TPSA) is 100 Å². The number of rotatable bonds is 12. The number of ketones is 1. The van der Waals surface area contributed by atoms with Crippen molar-refractivity contribution in [3.05, 3.63) is 94.2 Å². The fourth-order valence-corrected chi connectivity index (χ4v) is 3.48. The number of nitriles is 1. The highest BCUT2D eigenvalue weighted by atomic mass is 35.5. The molecular formula is C32H32ClN5O3. The summed E-state index contributed by atoms with van der Waals surface area (Å²) in [5.41, 5.74) is -3.03. The molecule has 0 aliphatic heterocycles. The number of aryl methyl sites for hydroxylation is 1. The molecule has 2 heterocycles. The van der Waals surface area contributed by atoms with Crippen LogP contribution in [0, 0.1) is 18.3 Å². The highest BCUT2D eigenvalue weighted by molar-refractivity contribution is 6.32. The Kier molecular flexibility index (Phi) is 5.40. The quantitative estimate of drug-likeness (QED) is 0.191. The number of halogens is 1. The molecule has 0 saturated carbocycles. The predicted molar refractivity (Wildman–Crippen MR) is 162 cm³/mol. The zero-order valence-corrected chi connectivity index (χ0v) is 23.1. The maximum Gasteiger partial charge on any atom is 0.159 e. The summed E-state index contributed by atoms with van der Waals surface area (Å²) in [7, 11) is 2.79. The third-order valence-corrected chi connectivity index (χ3v) is 5.30. The van der Waals surface area contributed by atoms with Gasteiger partial charge in [0.25, 0.3) is 0 Å². The summed E-state index contributed by atoms with van der Waals surface area (Å²) in [5, 5.41) is 11.6. The van der Waals surface area contributed by atoms with Crippen LogP contribution < -0.4 is 14.8 Å². The van der Waals surface area contributed by atoms with Crippen molar-refractivity contribution >= 4 is 39.7 Å². The van der Waals surface area contributed by atoms with E-state index in [4.69, 9.17) is 40.3 Å².